The van der Waals surface area contributed by atoms with Gasteiger partial charge in [-0.3, -0.25) is 14.2 Å². The third-order valence-electron chi connectivity index (χ3n) is 5.49. The van der Waals surface area contributed by atoms with Crippen LogP contribution >= 0.6 is 11.8 Å². The van der Waals surface area contributed by atoms with Gasteiger partial charge < -0.3 is 19.5 Å². The van der Waals surface area contributed by atoms with Gasteiger partial charge in [0.1, 0.15) is 12.4 Å². The van der Waals surface area contributed by atoms with Gasteiger partial charge in [-0.15, -0.1) is 0 Å². The molecular weight excluding hydrogens is 466 g/mol. The Kier molecular flexibility index (Phi) is 6.58. The average Bonchev–Trinajstić information content (AvgIpc) is 2.89. The number of hydrogen-bond donors (Lipinski definition) is 1. The van der Waals surface area contributed by atoms with Crippen LogP contribution in [0.2, 0.25) is 0 Å². The maximum atomic E-state index is 13.4. The van der Waals surface area contributed by atoms with Crippen molar-refractivity contribution in [1.82, 2.24) is 9.55 Å². The van der Waals surface area contributed by atoms with Crippen LogP contribution in [-0.4, -0.2) is 41.0 Å². The lowest BCUT2D eigenvalue weighted by Gasteiger charge is -2.27. The number of carbonyl (C=O) groups excluding carboxylic acids is 1. The monoisotopic (exact) mass is 489 g/mol. The van der Waals surface area contributed by atoms with Gasteiger partial charge in [0.05, 0.1) is 36.0 Å². The highest BCUT2D eigenvalue weighted by molar-refractivity contribution is 7.99. The number of hydrogen-bond acceptors (Lipinski definition) is 7. The van der Waals surface area contributed by atoms with Crippen LogP contribution in [-0.2, 0) is 11.3 Å². The zero-order chi connectivity index (χ0) is 24.2. The van der Waals surface area contributed by atoms with E-state index in [1.165, 1.54) is 11.8 Å². The predicted octanol–water partition coefficient (Wildman–Crippen LogP) is 3.98. The second kappa shape index (κ2) is 10.1. The predicted molar refractivity (Wildman–Crippen MR) is 135 cm³/mol. The van der Waals surface area contributed by atoms with E-state index in [1.807, 2.05) is 42.5 Å². The number of benzene rings is 3. The van der Waals surface area contributed by atoms with Crippen LogP contribution in [0.5, 0.6) is 17.2 Å². The van der Waals surface area contributed by atoms with Crippen LogP contribution in [0.15, 0.2) is 82.7 Å². The first kappa shape index (κ1) is 22.8. The molecule has 178 valence electrons. The van der Waals surface area contributed by atoms with Crippen molar-refractivity contribution in [1.29, 1.82) is 0 Å². The molecule has 5 rings (SSSR count). The highest BCUT2D eigenvalue weighted by Crippen LogP contribution is 2.31. The second-order valence-corrected chi connectivity index (χ2v) is 8.80. The molecule has 0 aliphatic carbocycles. The van der Waals surface area contributed by atoms with E-state index in [0.717, 1.165) is 0 Å². The number of nitrogens with zero attached hydrogens (tertiary/aromatic N) is 2. The summed E-state index contributed by atoms with van der Waals surface area (Å²) in [6, 6.07) is 21.8. The number of para-hydroxylation sites is 5. The van der Waals surface area contributed by atoms with Crippen LogP contribution in [0.3, 0.4) is 0 Å². The van der Waals surface area contributed by atoms with E-state index >= 15 is 0 Å². The fourth-order valence-electron chi connectivity index (χ4n) is 3.84. The third-order valence-corrected chi connectivity index (χ3v) is 6.47. The summed E-state index contributed by atoms with van der Waals surface area (Å²) in [5.74, 6) is 1.71. The van der Waals surface area contributed by atoms with Gasteiger partial charge in [-0.1, -0.05) is 48.2 Å². The molecule has 1 atom stereocenters. The Labute approximate surface area is 205 Å². The number of nitrogens with one attached hydrogen (secondary N) is 1. The summed E-state index contributed by atoms with van der Waals surface area (Å²) in [5.41, 5.74) is 0.967. The van der Waals surface area contributed by atoms with E-state index in [4.69, 9.17) is 14.2 Å². The van der Waals surface area contributed by atoms with Gasteiger partial charge in [0.2, 0.25) is 5.91 Å². The summed E-state index contributed by atoms with van der Waals surface area (Å²) < 4.78 is 18.7. The fraction of sp³-hybridized carbons (Fsp3) is 0.192. The number of methoxy groups -OCH3 is 1. The van der Waals surface area contributed by atoms with Crippen LogP contribution < -0.4 is 25.1 Å². The molecule has 4 aromatic rings. The van der Waals surface area contributed by atoms with E-state index < -0.39 is 0 Å². The molecule has 0 radical (unpaired) electrons. The minimum absolute atomic E-state index is 0.0632. The molecule has 3 aromatic carbocycles. The number of ether oxygens (including phenoxy) is 3. The Balaban J connectivity index is 1.39. The summed E-state index contributed by atoms with van der Waals surface area (Å²) in [4.78, 5) is 30.8. The van der Waals surface area contributed by atoms with E-state index in [0.29, 0.717) is 45.6 Å². The Bertz CT molecular complexity index is 1440. The molecule has 8 nitrogen and oxygen atoms in total. The number of aromatic nitrogens is 2. The summed E-state index contributed by atoms with van der Waals surface area (Å²) in [7, 11) is 1.55. The zero-order valence-corrected chi connectivity index (χ0v) is 19.8. The van der Waals surface area contributed by atoms with Crippen molar-refractivity contribution in [2.75, 3.05) is 24.8 Å². The van der Waals surface area contributed by atoms with Crippen molar-refractivity contribution >= 4 is 34.3 Å². The van der Waals surface area contributed by atoms with Gasteiger partial charge in [0.25, 0.3) is 5.56 Å². The average molecular weight is 490 g/mol. The molecule has 0 bridgehead atoms. The van der Waals surface area contributed by atoms with Crippen LogP contribution in [0.4, 0.5) is 5.69 Å². The molecule has 1 aromatic heterocycles. The minimum Gasteiger partial charge on any atom is -0.495 e. The molecule has 1 N–H and O–H groups in total. The Morgan fingerprint density at radius 1 is 1.09 bits per heavy atom. The molecule has 2 heterocycles. The van der Waals surface area contributed by atoms with Crippen molar-refractivity contribution < 1.29 is 19.0 Å². The van der Waals surface area contributed by atoms with Gasteiger partial charge in [-0.05, 0) is 36.4 Å². The first-order valence-electron chi connectivity index (χ1n) is 11.1. The first-order valence-corrected chi connectivity index (χ1v) is 12.0. The molecule has 1 unspecified atom stereocenters. The zero-order valence-electron chi connectivity index (χ0n) is 19.0. The molecule has 0 saturated heterocycles. The molecule has 1 aliphatic rings. The van der Waals surface area contributed by atoms with E-state index in [1.54, 1.807) is 42.0 Å². The third kappa shape index (κ3) is 4.95. The number of carbonyl (C=O) groups is 1. The van der Waals surface area contributed by atoms with E-state index in [2.05, 4.69) is 10.3 Å². The van der Waals surface area contributed by atoms with E-state index in [9.17, 15) is 9.59 Å². The maximum Gasteiger partial charge on any atom is 0.262 e. The lowest BCUT2D eigenvalue weighted by atomic mass is 10.2. The number of anilines is 1. The largest absolute Gasteiger partial charge is 0.495 e. The number of rotatable bonds is 7. The van der Waals surface area contributed by atoms with Crippen molar-refractivity contribution in [3.8, 4) is 17.2 Å². The standard InChI is InChI=1S/C26H23N3O5S/c1-32-21-11-5-4-10-20(21)27-24(30)16-35-26-28-19-9-3-2-8-18(19)25(31)29(26)14-17-15-33-22-12-6-7-13-23(22)34-17/h2-13,17H,14-16H2,1H3,(H,27,30). The van der Waals surface area contributed by atoms with Crippen LogP contribution in [0.1, 0.15) is 0 Å². The Morgan fingerprint density at radius 3 is 2.69 bits per heavy atom. The van der Waals surface area contributed by atoms with Gasteiger partial charge >= 0.3 is 0 Å². The smallest absolute Gasteiger partial charge is 0.262 e. The molecule has 0 fully saturated rings. The normalized spacial score (nSPS) is 14.5. The van der Waals surface area contributed by atoms with Crippen molar-refractivity contribution in [2.45, 2.75) is 17.8 Å². The molecule has 1 aliphatic heterocycles. The number of amides is 1. The second-order valence-electron chi connectivity index (χ2n) is 7.86. The number of fused-ring (bicyclic) bond motifs is 2. The Morgan fingerprint density at radius 2 is 1.83 bits per heavy atom. The van der Waals surface area contributed by atoms with Crippen molar-refractivity contribution in [3.63, 3.8) is 0 Å². The summed E-state index contributed by atoms with van der Waals surface area (Å²) in [6.45, 7) is 0.538. The summed E-state index contributed by atoms with van der Waals surface area (Å²) in [5, 5.41) is 3.79. The molecule has 1 amide bonds. The lowest BCUT2D eigenvalue weighted by Crippen LogP contribution is -2.37. The topological polar surface area (TPSA) is 91.7 Å². The molecule has 0 spiro atoms. The van der Waals surface area contributed by atoms with Crippen molar-refractivity contribution in [2.24, 2.45) is 0 Å². The van der Waals surface area contributed by atoms with Crippen molar-refractivity contribution in [3.05, 3.63) is 83.2 Å². The minimum atomic E-state index is -0.382. The van der Waals surface area contributed by atoms with Gasteiger partial charge in [0, 0.05) is 0 Å². The van der Waals surface area contributed by atoms with Crippen LogP contribution in [0.25, 0.3) is 10.9 Å². The molecular formula is C26H23N3O5S. The molecule has 0 saturated carbocycles. The van der Waals surface area contributed by atoms with Crippen LogP contribution in [0, 0.1) is 0 Å². The highest BCUT2D eigenvalue weighted by atomic mass is 32.2. The Hall–Kier alpha value is -3.98. The quantitative estimate of drug-likeness (QED) is 0.310. The lowest BCUT2D eigenvalue weighted by molar-refractivity contribution is -0.113. The molecule has 35 heavy (non-hydrogen) atoms. The SMILES string of the molecule is COc1ccccc1NC(=O)CSc1nc2ccccc2c(=O)n1CC1COc2ccccc2O1. The number of thioether (sulfide) groups is 1. The van der Waals surface area contributed by atoms with Gasteiger partial charge in [-0.2, -0.15) is 0 Å². The summed E-state index contributed by atoms with van der Waals surface area (Å²) in [6.07, 6.45) is -0.382. The first-order chi connectivity index (χ1) is 17.1. The van der Waals surface area contributed by atoms with E-state index in [-0.39, 0.29) is 29.9 Å². The maximum absolute atomic E-state index is 13.4. The fourth-order valence-corrected chi connectivity index (χ4v) is 4.65. The molecule has 9 heteroatoms. The van der Waals surface area contributed by atoms with Gasteiger partial charge in [0.15, 0.2) is 22.8 Å². The summed E-state index contributed by atoms with van der Waals surface area (Å²) >= 11 is 1.19. The highest BCUT2D eigenvalue weighted by Gasteiger charge is 2.24. The van der Waals surface area contributed by atoms with Gasteiger partial charge in [-0.25, -0.2) is 4.98 Å².